The van der Waals surface area contributed by atoms with Gasteiger partial charge in [-0.05, 0) is 57.3 Å². The highest BCUT2D eigenvalue weighted by Crippen LogP contribution is 2.31. The maximum Gasteiger partial charge on any atom is 0.225 e. The molecule has 136 valence electrons. The van der Waals surface area contributed by atoms with E-state index in [2.05, 4.69) is 17.1 Å². The Kier molecular flexibility index (Phi) is 6.18. The average Bonchev–Trinajstić information content (AvgIpc) is 2.63. The summed E-state index contributed by atoms with van der Waals surface area (Å²) in [6, 6.07) is 0.404. The molecule has 1 saturated heterocycles. The maximum absolute atomic E-state index is 12.7. The Balaban J connectivity index is 1.41. The summed E-state index contributed by atoms with van der Waals surface area (Å²) in [5.41, 5.74) is 0. The lowest BCUT2D eigenvalue weighted by Crippen LogP contribution is -2.44. The summed E-state index contributed by atoms with van der Waals surface area (Å²) < 4.78 is 0. The highest BCUT2D eigenvalue weighted by Gasteiger charge is 2.33. The predicted octanol–water partition coefficient (Wildman–Crippen LogP) is 3.50. The van der Waals surface area contributed by atoms with Crippen LogP contribution in [0.3, 0.4) is 0 Å². The minimum absolute atomic E-state index is 0.136. The van der Waals surface area contributed by atoms with Crippen molar-refractivity contribution in [2.24, 2.45) is 17.8 Å². The lowest BCUT2D eigenvalue weighted by atomic mass is 9.80. The smallest absolute Gasteiger partial charge is 0.225 e. The Labute approximate surface area is 146 Å². The number of likely N-dealkylation sites (tertiary alicyclic amines) is 1. The summed E-state index contributed by atoms with van der Waals surface area (Å²) in [5, 5.41) is 3.27. The summed E-state index contributed by atoms with van der Waals surface area (Å²) in [4.78, 5) is 27.2. The van der Waals surface area contributed by atoms with Gasteiger partial charge in [0.25, 0.3) is 0 Å². The van der Waals surface area contributed by atoms with Crippen LogP contribution in [-0.4, -0.2) is 35.8 Å². The van der Waals surface area contributed by atoms with Crippen molar-refractivity contribution >= 4 is 11.8 Å². The van der Waals surface area contributed by atoms with Crippen LogP contribution in [0.1, 0.15) is 77.6 Å². The van der Waals surface area contributed by atoms with E-state index in [0.29, 0.717) is 11.9 Å². The van der Waals surface area contributed by atoms with Crippen molar-refractivity contribution in [1.29, 1.82) is 0 Å². The normalized spacial score (nSPS) is 30.1. The second-order valence-electron chi connectivity index (χ2n) is 8.40. The Morgan fingerprint density at radius 1 is 0.792 bits per heavy atom. The molecule has 0 radical (unpaired) electrons. The lowest BCUT2D eigenvalue weighted by Gasteiger charge is -2.35. The zero-order chi connectivity index (χ0) is 16.9. The topological polar surface area (TPSA) is 49.4 Å². The molecule has 0 aromatic rings. The van der Waals surface area contributed by atoms with Crippen LogP contribution in [0, 0.1) is 17.8 Å². The molecule has 1 aliphatic heterocycles. The van der Waals surface area contributed by atoms with Crippen LogP contribution < -0.4 is 5.32 Å². The summed E-state index contributed by atoms with van der Waals surface area (Å²) in [6.45, 7) is 4.14. The van der Waals surface area contributed by atoms with Crippen molar-refractivity contribution in [2.75, 3.05) is 13.1 Å². The molecular weight excluding hydrogens is 300 g/mol. The summed E-state index contributed by atoms with van der Waals surface area (Å²) >= 11 is 0. The Morgan fingerprint density at radius 3 is 2.00 bits per heavy atom. The molecule has 24 heavy (non-hydrogen) atoms. The Morgan fingerprint density at radius 2 is 1.38 bits per heavy atom. The number of piperidine rings is 1. The van der Waals surface area contributed by atoms with E-state index in [1.807, 2.05) is 0 Å². The second-order valence-corrected chi connectivity index (χ2v) is 8.40. The molecule has 0 aromatic heterocycles. The first kappa shape index (κ1) is 17.8. The molecule has 0 bridgehead atoms. The molecule has 3 aliphatic rings. The molecule has 4 nitrogen and oxygen atoms in total. The monoisotopic (exact) mass is 334 g/mol. The molecule has 1 N–H and O–H groups in total. The standard InChI is InChI=1S/C20H34N2O2/c1-15-11-13-22(14-12-15)20(24)17-9-7-16(8-10-17)19(23)21-18-5-3-2-4-6-18/h15-18H,2-14H2,1H3,(H,21,23). The van der Waals surface area contributed by atoms with Gasteiger partial charge in [0.2, 0.25) is 11.8 Å². The fourth-order valence-electron chi connectivity index (χ4n) is 4.66. The molecule has 2 saturated carbocycles. The SMILES string of the molecule is CC1CCN(C(=O)C2CCC(C(=O)NC3CCCCC3)CC2)CC1. The van der Waals surface area contributed by atoms with E-state index < -0.39 is 0 Å². The van der Waals surface area contributed by atoms with Gasteiger partial charge in [-0.2, -0.15) is 0 Å². The fraction of sp³-hybridized carbons (Fsp3) is 0.900. The van der Waals surface area contributed by atoms with Crippen LogP contribution >= 0.6 is 0 Å². The highest BCUT2D eigenvalue weighted by molar-refractivity contribution is 5.81. The zero-order valence-electron chi connectivity index (χ0n) is 15.3. The molecule has 3 rings (SSSR count). The molecular formula is C20H34N2O2. The van der Waals surface area contributed by atoms with Crippen molar-refractivity contribution < 1.29 is 9.59 Å². The zero-order valence-corrected chi connectivity index (χ0v) is 15.3. The molecule has 0 unspecified atom stereocenters. The summed E-state index contributed by atoms with van der Waals surface area (Å²) in [5.74, 6) is 1.66. The van der Waals surface area contributed by atoms with E-state index in [-0.39, 0.29) is 17.7 Å². The highest BCUT2D eigenvalue weighted by atomic mass is 16.2. The number of carbonyl (C=O) groups excluding carboxylic acids is 2. The van der Waals surface area contributed by atoms with Crippen LogP contribution in [0.5, 0.6) is 0 Å². The van der Waals surface area contributed by atoms with Crippen LogP contribution in [0.2, 0.25) is 0 Å². The summed E-state index contributed by atoms with van der Waals surface area (Å²) in [6.07, 6.45) is 12.0. The Bertz CT molecular complexity index is 429. The third kappa shape index (κ3) is 4.52. The largest absolute Gasteiger partial charge is 0.353 e. The third-order valence-electron chi connectivity index (χ3n) is 6.49. The number of hydrogen-bond acceptors (Lipinski definition) is 2. The fourth-order valence-corrected chi connectivity index (χ4v) is 4.66. The average molecular weight is 335 g/mol. The van der Waals surface area contributed by atoms with Gasteiger partial charge in [0.05, 0.1) is 0 Å². The number of nitrogens with zero attached hydrogens (tertiary/aromatic N) is 1. The van der Waals surface area contributed by atoms with E-state index in [0.717, 1.165) is 70.4 Å². The molecule has 3 fully saturated rings. The van der Waals surface area contributed by atoms with Gasteiger partial charge in [-0.1, -0.05) is 26.2 Å². The van der Waals surface area contributed by atoms with Crippen molar-refractivity contribution in [3.8, 4) is 0 Å². The van der Waals surface area contributed by atoms with Crippen LogP contribution in [-0.2, 0) is 9.59 Å². The van der Waals surface area contributed by atoms with Crippen molar-refractivity contribution in [3.05, 3.63) is 0 Å². The van der Waals surface area contributed by atoms with Crippen molar-refractivity contribution in [3.63, 3.8) is 0 Å². The van der Waals surface area contributed by atoms with Gasteiger partial charge in [0.15, 0.2) is 0 Å². The molecule has 0 spiro atoms. The van der Waals surface area contributed by atoms with Gasteiger partial charge in [-0.3, -0.25) is 9.59 Å². The van der Waals surface area contributed by atoms with Gasteiger partial charge in [-0.15, -0.1) is 0 Å². The van der Waals surface area contributed by atoms with E-state index in [4.69, 9.17) is 0 Å². The van der Waals surface area contributed by atoms with Crippen molar-refractivity contribution in [2.45, 2.75) is 83.6 Å². The van der Waals surface area contributed by atoms with Crippen molar-refractivity contribution in [1.82, 2.24) is 10.2 Å². The Hall–Kier alpha value is -1.06. The number of hydrogen-bond donors (Lipinski definition) is 1. The minimum Gasteiger partial charge on any atom is -0.353 e. The van der Waals surface area contributed by atoms with Crippen LogP contribution in [0.4, 0.5) is 0 Å². The first-order valence-corrected chi connectivity index (χ1v) is 10.2. The molecule has 1 heterocycles. The minimum atomic E-state index is 0.136. The number of amides is 2. The molecule has 4 heteroatoms. The van der Waals surface area contributed by atoms with E-state index >= 15 is 0 Å². The third-order valence-corrected chi connectivity index (χ3v) is 6.49. The van der Waals surface area contributed by atoms with E-state index in [1.165, 1.54) is 19.3 Å². The number of carbonyl (C=O) groups is 2. The predicted molar refractivity (Wildman–Crippen MR) is 95.4 cm³/mol. The molecule has 2 amide bonds. The number of rotatable bonds is 3. The summed E-state index contributed by atoms with van der Waals surface area (Å²) in [7, 11) is 0. The quantitative estimate of drug-likeness (QED) is 0.859. The van der Waals surface area contributed by atoms with E-state index in [9.17, 15) is 9.59 Å². The van der Waals surface area contributed by atoms with Gasteiger partial charge >= 0.3 is 0 Å². The molecule has 2 aliphatic carbocycles. The molecule has 0 aromatic carbocycles. The maximum atomic E-state index is 12.7. The second kappa shape index (κ2) is 8.35. The van der Waals surface area contributed by atoms with Crippen LogP contribution in [0.25, 0.3) is 0 Å². The van der Waals surface area contributed by atoms with Gasteiger partial charge < -0.3 is 10.2 Å². The van der Waals surface area contributed by atoms with E-state index in [1.54, 1.807) is 0 Å². The molecule has 0 atom stereocenters. The first-order chi connectivity index (χ1) is 11.6. The van der Waals surface area contributed by atoms with Crippen LogP contribution in [0.15, 0.2) is 0 Å². The van der Waals surface area contributed by atoms with Gasteiger partial charge in [0.1, 0.15) is 0 Å². The lowest BCUT2D eigenvalue weighted by molar-refractivity contribution is -0.139. The number of nitrogens with one attached hydrogen (secondary N) is 1. The van der Waals surface area contributed by atoms with Gasteiger partial charge in [-0.25, -0.2) is 0 Å². The first-order valence-electron chi connectivity index (χ1n) is 10.2. The van der Waals surface area contributed by atoms with Gasteiger partial charge in [0, 0.05) is 31.0 Å².